The molecule has 1 rings (SSSR count). The van der Waals surface area contributed by atoms with Crippen molar-refractivity contribution in [2.24, 2.45) is 7.05 Å². The van der Waals surface area contributed by atoms with E-state index in [0.717, 1.165) is 6.42 Å². The predicted molar refractivity (Wildman–Crippen MR) is 68.3 cm³/mol. The minimum atomic E-state index is -0.862. The van der Waals surface area contributed by atoms with Crippen molar-refractivity contribution in [3.63, 3.8) is 0 Å². The second-order valence-electron chi connectivity index (χ2n) is 4.58. The number of aliphatic hydroxyl groups is 1. The Bertz CT molecular complexity index is 399. The zero-order valence-corrected chi connectivity index (χ0v) is 11.2. The summed E-state index contributed by atoms with van der Waals surface area (Å²) in [6, 6.07) is 1.60. The van der Waals surface area contributed by atoms with Gasteiger partial charge in [-0.2, -0.15) is 0 Å². The number of hydrogen-bond acceptors (Lipinski definition) is 2. The smallest absolute Gasteiger partial charge is 0.268 e. The maximum Gasteiger partial charge on any atom is 0.268 e. The molecule has 0 saturated heterocycles. The zero-order valence-electron chi connectivity index (χ0n) is 10.5. The van der Waals surface area contributed by atoms with E-state index in [1.54, 1.807) is 30.8 Å². The van der Waals surface area contributed by atoms with Crippen LogP contribution in [0.25, 0.3) is 0 Å². The van der Waals surface area contributed by atoms with Crippen molar-refractivity contribution in [2.45, 2.75) is 32.3 Å². The molecule has 0 fully saturated rings. The molecule has 1 amide bonds. The molecule has 1 aromatic rings. The molecule has 0 aliphatic rings. The number of aromatic nitrogens is 1. The summed E-state index contributed by atoms with van der Waals surface area (Å²) in [6.07, 6.45) is 3.20. The maximum atomic E-state index is 11.8. The number of carbonyl (C=O) groups excluding carboxylic acids is 1. The maximum absolute atomic E-state index is 11.8. The van der Waals surface area contributed by atoms with Crippen molar-refractivity contribution in [3.8, 4) is 0 Å². The Hall–Kier alpha value is -1.00. The van der Waals surface area contributed by atoms with E-state index in [4.69, 9.17) is 11.6 Å². The monoisotopic (exact) mass is 258 g/mol. The van der Waals surface area contributed by atoms with Gasteiger partial charge in [0.1, 0.15) is 5.69 Å². The van der Waals surface area contributed by atoms with Gasteiger partial charge in [-0.05, 0) is 19.4 Å². The third-order valence-electron chi connectivity index (χ3n) is 2.62. The first-order valence-corrected chi connectivity index (χ1v) is 6.06. The van der Waals surface area contributed by atoms with Gasteiger partial charge in [-0.3, -0.25) is 4.79 Å². The molecule has 0 aliphatic heterocycles. The van der Waals surface area contributed by atoms with E-state index in [9.17, 15) is 9.90 Å². The van der Waals surface area contributed by atoms with E-state index < -0.39 is 5.60 Å². The lowest BCUT2D eigenvalue weighted by Crippen LogP contribution is -2.40. The summed E-state index contributed by atoms with van der Waals surface area (Å²) < 4.78 is 1.66. The molecule has 1 unspecified atom stereocenters. The number of nitrogens with zero attached hydrogens (tertiary/aromatic N) is 1. The van der Waals surface area contributed by atoms with E-state index in [-0.39, 0.29) is 12.5 Å². The summed E-state index contributed by atoms with van der Waals surface area (Å²) in [6.45, 7) is 3.95. The molecule has 17 heavy (non-hydrogen) atoms. The van der Waals surface area contributed by atoms with E-state index >= 15 is 0 Å². The molecule has 0 bridgehead atoms. The minimum Gasteiger partial charge on any atom is -0.388 e. The minimum absolute atomic E-state index is 0.226. The molecule has 0 saturated carbocycles. The van der Waals surface area contributed by atoms with Gasteiger partial charge in [-0.25, -0.2) is 0 Å². The second-order valence-corrected chi connectivity index (χ2v) is 5.02. The van der Waals surface area contributed by atoms with Gasteiger partial charge in [-0.1, -0.05) is 24.9 Å². The molecule has 0 aromatic carbocycles. The highest BCUT2D eigenvalue weighted by molar-refractivity contribution is 6.31. The van der Waals surface area contributed by atoms with Gasteiger partial charge in [0.25, 0.3) is 5.91 Å². The van der Waals surface area contributed by atoms with Crippen molar-refractivity contribution in [1.29, 1.82) is 0 Å². The Kier molecular flexibility index (Phi) is 4.60. The average Bonchev–Trinajstić information content (AvgIpc) is 2.54. The van der Waals surface area contributed by atoms with Crippen LogP contribution in [0.4, 0.5) is 0 Å². The number of nitrogens with one attached hydrogen (secondary N) is 1. The first-order chi connectivity index (χ1) is 7.85. The van der Waals surface area contributed by atoms with Gasteiger partial charge in [0.05, 0.1) is 10.6 Å². The van der Waals surface area contributed by atoms with Crippen molar-refractivity contribution in [2.75, 3.05) is 6.54 Å². The number of carbonyl (C=O) groups is 1. The van der Waals surface area contributed by atoms with Crippen LogP contribution in [0.15, 0.2) is 12.3 Å². The summed E-state index contributed by atoms with van der Waals surface area (Å²) in [5, 5.41) is 13.2. The zero-order chi connectivity index (χ0) is 13.1. The Morgan fingerprint density at radius 1 is 1.65 bits per heavy atom. The van der Waals surface area contributed by atoms with Gasteiger partial charge < -0.3 is 15.0 Å². The van der Waals surface area contributed by atoms with Gasteiger partial charge >= 0.3 is 0 Å². The fourth-order valence-corrected chi connectivity index (χ4v) is 1.99. The fourth-order valence-electron chi connectivity index (χ4n) is 1.74. The lowest BCUT2D eigenvalue weighted by molar-refractivity contribution is 0.0467. The summed E-state index contributed by atoms with van der Waals surface area (Å²) in [4.78, 5) is 11.8. The molecule has 0 radical (unpaired) electrons. The molecule has 1 aromatic heterocycles. The highest BCUT2D eigenvalue weighted by Crippen LogP contribution is 2.14. The first-order valence-electron chi connectivity index (χ1n) is 5.68. The molecule has 5 heteroatoms. The van der Waals surface area contributed by atoms with Crippen molar-refractivity contribution in [3.05, 3.63) is 23.0 Å². The van der Waals surface area contributed by atoms with Crippen LogP contribution >= 0.6 is 11.6 Å². The molecule has 0 aliphatic carbocycles. The molecular weight excluding hydrogens is 240 g/mol. The Balaban J connectivity index is 2.59. The Morgan fingerprint density at radius 2 is 2.29 bits per heavy atom. The summed E-state index contributed by atoms with van der Waals surface area (Å²) in [7, 11) is 1.75. The first kappa shape index (κ1) is 14.1. The van der Waals surface area contributed by atoms with Crippen LogP contribution in [0.3, 0.4) is 0 Å². The lowest BCUT2D eigenvalue weighted by Gasteiger charge is -2.22. The van der Waals surface area contributed by atoms with Crippen LogP contribution in [0.5, 0.6) is 0 Å². The highest BCUT2D eigenvalue weighted by Gasteiger charge is 2.21. The van der Waals surface area contributed by atoms with E-state index in [0.29, 0.717) is 17.1 Å². The lowest BCUT2D eigenvalue weighted by atomic mass is 10.0. The second kappa shape index (κ2) is 5.56. The standard InChI is InChI=1S/C12H19ClN2O2/c1-4-5-12(2,17)8-14-11(16)10-6-9(13)7-15(10)3/h6-7,17H,4-5,8H2,1-3H3,(H,14,16). The number of rotatable bonds is 5. The summed E-state index contributed by atoms with van der Waals surface area (Å²) >= 11 is 5.80. The van der Waals surface area contributed by atoms with E-state index in [1.807, 2.05) is 6.92 Å². The molecule has 4 nitrogen and oxygen atoms in total. The van der Waals surface area contributed by atoms with Crippen LogP contribution < -0.4 is 5.32 Å². The summed E-state index contributed by atoms with van der Waals surface area (Å²) in [5.74, 6) is -0.226. The van der Waals surface area contributed by atoms with Gasteiger partial charge in [0.15, 0.2) is 0 Å². The van der Waals surface area contributed by atoms with Crippen LogP contribution in [0.2, 0.25) is 5.02 Å². The average molecular weight is 259 g/mol. The largest absolute Gasteiger partial charge is 0.388 e. The fraction of sp³-hybridized carbons (Fsp3) is 0.583. The van der Waals surface area contributed by atoms with Gasteiger partial charge in [-0.15, -0.1) is 0 Å². The number of hydrogen-bond donors (Lipinski definition) is 2. The third-order valence-corrected chi connectivity index (χ3v) is 2.83. The molecule has 0 spiro atoms. The normalized spacial score (nSPS) is 14.4. The van der Waals surface area contributed by atoms with Gasteiger partial charge in [0, 0.05) is 19.8 Å². The van der Waals surface area contributed by atoms with Gasteiger partial charge in [0.2, 0.25) is 0 Å². The van der Waals surface area contributed by atoms with Crippen LogP contribution in [-0.2, 0) is 7.05 Å². The van der Waals surface area contributed by atoms with Crippen molar-refractivity contribution in [1.82, 2.24) is 9.88 Å². The van der Waals surface area contributed by atoms with Crippen LogP contribution in [0, 0.1) is 0 Å². The van der Waals surface area contributed by atoms with E-state index in [1.165, 1.54) is 0 Å². The summed E-state index contributed by atoms with van der Waals surface area (Å²) in [5.41, 5.74) is -0.373. The Morgan fingerprint density at radius 3 is 2.76 bits per heavy atom. The topological polar surface area (TPSA) is 54.3 Å². The molecular formula is C12H19ClN2O2. The predicted octanol–water partition coefficient (Wildman–Crippen LogP) is 1.96. The van der Waals surface area contributed by atoms with Crippen molar-refractivity contribution < 1.29 is 9.90 Å². The number of amides is 1. The molecule has 2 N–H and O–H groups in total. The van der Waals surface area contributed by atoms with Crippen molar-refractivity contribution >= 4 is 17.5 Å². The number of halogens is 1. The highest BCUT2D eigenvalue weighted by atomic mass is 35.5. The third kappa shape index (κ3) is 4.06. The number of aryl methyl sites for hydroxylation is 1. The molecule has 1 atom stereocenters. The SMILES string of the molecule is CCCC(C)(O)CNC(=O)c1cc(Cl)cn1C. The molecule has 1 heterocycles. The van der Waals surface area contributed by atoms with Crippen LogP contribution in [-0.4, -0.2) is 27.7 Å². The quantitative estimate of drug-likeness (QED) is 0.848. The molecule has 96 valence electrons. The van der Waals surface area contributed by atoms with E-state index in [2.05, 4.69) is 5.32 Å². The van der Waals surface area contributed by atoms with Crippen LogP contribution in [0.1, 0.15) is 37.2 Å². The Labute approximate surface area is 107 Å².